The van der Waals surface area contributed by atoms with E-state index in [0.29, 0.717) is 17.3 Å². The van der Waals surface area contributed by atoms with Crippen LogP contribution in [-0.2, 0) is 36.1 Å². The average Bonchev–Trinajstić information content (AvgIpc) is 3.32. The van der Waals surface area contributed by atoms with Crippen molar-refractivity contribution in [3.8, 4) is 5.75 Å². The lowest BCUT2D eigenvalue weighted by Crippen LogP contribution is -2.74. The third-order valence-electron chi connectivity index (χ3n) is 6.54. The number of thiazole rings is 1. The Kier molecular flexibility index (Phi) is 8.45. The molecule has 9 N–H and O–H groups in total. The number of hydrogen-bond donors (Lipinski definition) is 8. The van der Waals surface area contributed by atoms with Gasteiger partial charge in [-0.3, -0.25) is 18.9 Å². The van der Waals surface area contributed by atoms with Crippen molar-refractivity contribution >= 4 is 56.3 Å². The van der Waals surface area contributed by atoms with Gasteiger partial charge in [0.15, 0.2) is 16.6 Å². The highest BCUT2D eigenvalue weighted by Crippen LogP contribution is 2.36. The Balaban J connectivity index is 1.47. The minimum Gasteiger partial charge on any atom is -0.503 e. The molecule has 1 aliphatic carbocycles. The lowest BCUT2D eigenvalue weighted by atomic mass is 9.80. The number of β-lactam (4-membered cyclic amide) rings is 1. The predicted octanol–water partition coefficient (Wildman–Crippen LogP) is -2.44. The number of carbonyl (C=O) groups excluding carboxylic acids is 3. The number of aromatic nitrogens is 2. The van der Waals surface area contributed by atoms with Crippen molar-refractivity contribution < 1.29 is 52.4 Å². The van der Waals surface area contributed by atoms with Gasteiger partial charge in [-0.05, 0) is 6.42 Å². The molecule has 1 saturated heterocycles. The van der Waals surface area contributed by atoms with E-state index in [1.54, 1.807) is 0 Å². The molecule has 0 aromatic carbocycles. The Morgan fingerprint density at radius 1 is 1.26 bits per heavy atom. The number of aromatic hydroxyl groups is 1. The van der Waals surface area contributed by atoms with E-state index in [0.717, 1.165) is 17.4 Å². The first-order chi connectivity index (χ1) is 20.1. The maximum absolute atomic E-state index is 13.2. The number of carboxylic acids is 1. The van der Waals surface area contributed by atoms with Crippen molar-refractivity contribution in [2.75, 3.05) is 12.3 Å². The van der Waals surface area contributed by atoms with E-state index in [1.807, 2.05) is 0 Å². The van der Waals surface area contributed by atoms with E-state index >= 15 is 0 Å². The van der Waals surface area contributed by atoms with Crippen LogP contribution < -0.4 is 27.1 Å². The molecule has 1 aliphatic heterocycles. The SMILES string of the molecule is Nc1nc(/C(=N/OC2(C(=O)O)CCC2)C(=O)NC2C(=O)N(S(=O)(=O)O)[C@@H]2CNC(=O)NCc2cc(=O)c(O)cn2O)cs1. The maximum atomic E-state index is 13.2. The fourth-order valence-electron chi connectivity index (χ4n) is 4.06. The van der Waals surface area contributed by atoms with Crippen LogP contribution in [0, 0.1) is 0 Å². The monoisotopic (exact) mass is 644 g/mol. The first-order valence-corrected chi connectivity index (χ1v) is 14.4. The smallest absolute Gasteiger partial charge is 0.362 e. The fourth-order valence-corrected chi connectivity index (χ4v) is 5.49. The molecule has 3 heterocycles. The van der Waals surface area contributed by atoms with Gasteiger partial charge in [-0.2, -0.15) is 13.1 Å². The summed E-state index contributed by atoms with van der Waals surface area (Å²) in [6, 6.07) is -3.31. The topological polar surface area (TPSA) is 305 Å². The quantitative estimate of drug-likeness (QED) is 0.0414. The van der Waals surface area contributed by atoms with E-state index in [2.05, 4.69) is 26.1 Å². The van der Waals surface area contributed by atoms with E-state index in [9.17, 15) is 52.4 Å². The van der Waals surface area contributed by atoms with Gasteiger partial charge in [-0.25, -0.2) is 18.9 Å². The summed E-state index contributed by atoms with van der Waals surface area (Å²) in [6.45, 7) is -1.07. The van der Waals surface area contributed by atoms with Crippen LogP contribution in [0.15, 0.2) is 27.6 Å². The lowest BCUT2D eigenvalue weighted by Gasteiger charge is -2.44. The molecule has 43 heavy (non-hydrogen) atoms. The van der Waals surface area contributed by atoms with E-state index in [4.69, 9.17) is 10.6 Å². The van der Waals surface area contributed by atoms with Gasteiger partial charge >= 0.3 is 22.3 Å². The van der Waals surface area contributed by atoms with Crippen LogP contribution in [0.4, 0.5) is 9.93 Å². The number of carboxylic acid groups (broad SMARTS) is 1. The number of aliphatic carboxylic acids is 1. The zero-order valence-corrected chi connectivity index (χ0v) is 23.3. The number of amides is 4. The van der Waals surface area contributed by atoms with Gasteiger partial charge in [0.1, 0.15) is 11.7 Å². The normalized spacial score (nSPS) is 19.5. The van der Waals surface area contributed by atoms with Crippen molar-refractivity contribution in [1.82, 2.24) is 30.0 Å². The first-order valence-electron chi connectivity index (χ1n) is 12.1. The van der Waals surface area contributed by atoms with Gasteiger partial charge in [-0.1, -0.05) is 5.16 Å². The molecule has 22 heteroatoms. The van der Waals surface area contributed by atoms with Crippen molar-refractivity contribution in [2.24, 2.45) is 5.16 Å². The standard InChI is InChI=1S/C21H24N8O12S2/c22-19-25-10(8-42-19)14(27-41-21(18(34)35)2-1-3-21)16(32)26-15-11(29(17(15)33)43(38,39)40)6-24-20(36)23-5-9-4-12(30)13(31)7-28(9)37/h4,7-8,11,15,31,37H,1-3,5-6H2,(H2,22,25)(H,26,32)(H,34,35)(H2,23,24,36)(H,38,39,40)/b27-14-/t11-,15?/m1/s1. The number of nitrogens with one attached hydrogen (secondary N) is 3. The van der Waals surface area contributed by atoms with Crippen LogP contribution in [0.1, 0.15) is 30.7 Å². The Bertz CT molecular complexity index is 1670. The van der Waals surface area contributed by atoms with Crippen LogP contribution in [0.25, 0.3) is 0 Å². The molecule has 2 aliphatic rings. The predicted molar refractivity (Wildman–Crippen MR) is 142 cm³/mol. The minimum absolute atomic E-state index is 0.0166. The average molecular weight is 645 g/mol. The molecule has 232 valence electrons. The summed E-state index contributed by atoms with van der Waals surface area (Å²) in [7, 11) is -5.14. The van der Waals surface area contributed by atoms with E-state index in [1.165, 1.54) is 5.38 Å². The molecule has 0 spiro atoms. The van der Waals surface area contributed by atoms with Gasteiger partial charge in [0.05, 0.1) is 24.5 Å². The molecule has 2 aromatic heterocycles. The number of pyridine rings is 1. The van der Waals surface area contributed by atoms with Gasteiger partial charge in [-0.15, -0.1) is 11.3 Å². The number of carbonyl (C=O) groups is 4. The zero-order chi connectivity index (χ0) is 31.7. The highest BCUT2D eigenvalue weighted by Gasteiger charge is 2.54. The molecule has 1 unspecified atom stereocenters. The molecule has 2 aromatic rings. The summed E-state index contributed by atoms with van der Waals surface area (Å²) >= 11 is 0.915. The maximum Gasteiger partial charge on any atom is 0.362 e. The number of hydrogen-bond acceptors (Lipinski definition) is 14. The molecule has 0 bridgehead atoms. The second-order valence-corrected chi connectivity index (χ2v) is 11.5. The number of nitrogens with two attached hydrogens (primary N) is 1. The fraction of sp³-hybridized carbons (Fsp3) is 0.381. The molecule has 4 amide bonds. The summed E-state index contributed by atoms with van der Waals surface area (Å²) in [6.07, 6.45) is 1.46. The molecule has 1 saturated carbocycles. The van der Waals surface area contributed by atoms with Crippen LogP contribution >= 0.6 is 11.3 Å². The molecular formula is C21H24N8O12S2. The third-order valence-corrected chi connectivity index (χ3v) is 8.16. The lowest BCUT2D eigenvalue weighted by molar-refractivity contribution is -0.178. The molecule has 4 rings (SSSR count). The molecule has 2 fully saturated rings. The van der Waals surface area contributed by atoms with Crippen LogP contribution in [0.3, 0.4) is 0 Å². The number of oxime groups is 1. The molecule has 2 atom stereocenters. The van der Waals surface area contributed by atoms with Gasteiger partial charge in [0.25, 0.3) is 11.8 Å². The number of urea groups is 1. The van der Waals surface area contributed by atoms with Crippen molar-refractivity contribution in [1.29, 1.82) is 0 Å². The first kappa shape index (κ1) is 31.0. The highest BCUT2D eigenvalue weighted by molar-refractivity contribution is 7.84. The summed E-state index contributed by atoms with van der Waals surface area (Å²) in [5.74, 6) is -4.46. The Morgan fingerprint density at radius 3 is 2.51 bits per heavy atom. The largest absolute Gasteiger partial charge is 0.503 e. The summed E-state index contributed by atoms with van der Waals surface area (Å²) in [5.41, 5.74) is 2.27. The zero-order valence-electron chi connectivity index (χ0n) is 21.7. The number of nitrogen functional groups attached to an aromatic ring is 1. The Hall–Kier alpha value is -4.96. The third kappa shape index (κ3) is 6.44. The molecular weight excluding hydrogens is 620 g/mol. The van der Waals surface area contributed by atoms with E-state index in [-0.39, 0.29) is 33.7 Å². The second kappa shape index (κ2) is 11.7. The Labute approximate surface area is 244 Å². The number of nitrogens with zero attached hydrogens (tertiary/aromatic N) is 4. The second-order valence-electron chi connectivity index (χ2n) is 9.31. The van der Waals surface area contributed by atoms with Crippen LogP contribution in [-0.4, -0.2) is 96.2 Å². The minimum atomic E-state index is -5.14. The van der Waals surface area contributed by atoms with Gasteiger partial charge in [0, 0.05) is 30.8 Å². The molecule has 20 nitrogen and oxygen atoms in total. The van der Waals surface area contributed by atoms with Gasteiger partial charge < -0.3 is 41.9 Å². The molecule has 0 radical (unpaired) electrons. The van der Waals surface area contributed by atoms with Crippen molar-refractivity contribution in [3.05, 3.63) is 39.3 Å². The van der Waals surface area contributed by atoms with Gasteiger partial charge in [0.2, 0.25) is 11.0 Å². The number of rotatable bonds is 11. The Morgan fingerprint density at radius 2 is 1.95 bits per heavy atom. The van der Waals surface area contributed by atoms with Crippen molar-refractivity contribution in [2.45, 2.75) is 43.5 Å². The van der Waals surface area contributed by atoms with Crippen LogP contribution in [0.2, 0.25) is 0 Å². The summed E-state index contributed by atoms with van der Waals surface area (Å²) < 4.78 is 33.5. The summed E-state index contributed by atoms with van der Waals surface area (Å²) in [5, 5.41) is 40.2. The summed E-state index contributed by atoms with van der Waals surface area (Å²) in [4.78, 5) is 70.4. The highest BCUT2D eigenvalue weighted by atomic mass is 32.2. The van der Waals surface area contributed by atoms with E-state index < -0.39 is 81.8 Å². The van der Waals surface area contributed by atoms with Crippen LogP contribution in [0.5, 0.6) is 5.75 Å². The van der Waals surface area contributed by atoms with Crippen molar-refractivity contribution in [3.63, 3.8) is 0 Å². The number of anilines is 1.